The maximum Gasteiger partial charge on any atom is 0.251 e. The number of ether oxygens (including phenoxy) is 2. The molecule has 8 heteroatoms. The third-order valence-electron chi connectivity index (χ3n) is 6.27. The summed E-state index contributed by atoms with van der Waals surface area (Å²) in [7, 11) is 3.10. The predicted molar refractivity (Wildman–Crippen MR) is 130 cm³/mol. The van der Waals surface area contributed by atoms with Crippen LogP contribution in [0.15, 0.2) is 42.5 Å². The number of nitrogens with zero attached hydrogens (tertiary/aromatic N) is 3. The fraction of sp³-hybridized carbons (Fsp3) is 0.423. The van der Waals surface area contributed by atoms with Gasteiger partial charge in [0, 0.05) is 31.6 Å². The summed E-state index contributed by atoms with van der Waals surface area (Å²) < 4.78 is 12.5. The van der Waals surface area contributed by atoms with Crippen LogP contribution in [0.3, 0.4) is 0 Å². The number of nitrogens with one attached hydrogen (secondary N) is 1. The molecular weight excluding hydrogens is 432 g/mol. The topological polar surface area (TPSA) is 85.7 Å². The SMILES string of the molecule is COc1ccc(C(=O)NCCc2nc3ccccc3n2CC(=O)N2CCCCCC2)cc1OC. The molecule has 2 amide bonds. The Morgan fingerprint density at radius 2 is 1.71 bits per heavy atom. The van der Waals surface area contributed by atoms with Crippen LogP contribution in [-0.4, -0.2) is 60.1 Å². The van der Waals surface area contributed by atoms with Gasteiger partial charge in [-0.25, -0.2) is 4.98 Å². The number of hydrogen-bond donors (Lipinski definition) is 1. The van der Waals surface area contributed by atoms with Crippen molar-refractivity contribution in [1.82, 2.24) is 19.8 Å². The Labute approximate surface area is 199 Å². The molecule has 0 aliphatic carbocycles. The van der Waals surface area contributed by atoms with E-state index in [-0.39, 0.29) is 18.4 Å². The van der Waals surface area contributed by atoms with E-state index in [1.54, 1.807) is 25.3 Å². The molecular formula is C26H32N4O4. The van der Waals surface area contributed by atoms with Crippen LogP contribution in [-0.2, 0) is 17.8 Å². The Bertz CT molecular complexity index is 1150. The summed E-state index contributed by atoms with van der Waals surface area (Å²) in [6.07, 6.45) is 5.00. The molecule has 0 saturated carbocycles. The molecule has 8 nitrogen and oxygen atoms in total. The van der Waals surface area contributed by atoms with Crippen LogP contribution in [0.5, 0.6) is 11.5 Å². The molecule has 0 spiro atoms. The zero-order chi connectivity index (χ0) is 23.9. The lowest BCUT2D eigenvalue weighted by Crippen LogP contribution is -2.35. The Morgan fingerprint density at radius 1 is 0.971 bits per heavy atom. The highest BCUT2D eigenvalue weighted by atomic mass is 16.5. The molecule has 180 valence electrons. The average Bonchev–Trinajstić information content (AvgIpc) is 3.02. The zero-order valence-electron chi connectivity index (χ0n) is 19.9. The highest BCUT2D eigenvalue weighted by Crippen LogP contribution is 2.27. The van der Waals surface area contributed by atoms with Crippen LogP contribution in [0.25, 0.3) is 11.0 Å². The number of para-hydroxylation sites is 2. The molecule has 1 aliphatic rings. The van der Waals surface area contributed by atoms with Crippen molar-refractivity contribution in [3.05, 3.63) is 53.9 Å². The second-order valence-electron chi connectivity index (χ2n) is 8.47. The van der Waals surface area contributed by atoms with Gasteiger partial charge in [-0.15, -0.1) is 0 Å². The molecule has 0 unspecified atom stereocenters. The van der Waals surface area contributed by atoms with Crippen LogP contribution < -0.4 is 14.8 Å². The van der Waals surface area contributed by atoms with E-state index in [2.05, 4.69) is 5.32 Å². The van der Waals surface area contributed by atoms with Crippen LogP contribution in [0.1, 0.15) is 41.9 Å². The lowest BCUT2D eigenvalue weighted by Gasteiger charge is -2.21. The Hall–Kier alpha value is -3.55. The number of carbonyl (C=O) groups excluding carboxylic acids is 2. The van der Waals surface area contributed by atoms with Crippen molar-refractivity contribution < 1.29 is 19.1 Å². The lowest BCUT2D eigenvalue weighted by atomic mass is 10.2. The van der Waals surface area contributed by atoms with Gasteiger partial charge in [0.15, 0.2) is 11.5 Å². The first-order valence-electron chi connectivity index (χ1n) is 11.8. The van der Waals surface area contributed by atoms with E-state index >= 15 is 0 Å². The molecule has 2 aromatic carbocycles. The minimum Gasteiger partial charge on any atom is -0.493 e. The molecule has 4 rings (SSSR count). The molecule has 1 N–H and O–H groups in total. The largest absolute Gasteiger partial charge is 0.493 e. The number of amides is 2. The summed E-state index contributed by atoms with van der Waals surface area (Å²) in [4.78, 5) is 32.5. The number of aromatic nitrogens is 2. The first kappa shape index (κ1) is 23.6. The first-order chi connectivity index (χ1) is 16.6. The summed E-state index contributed by atoms with van der Waals surface area (Å²) >= 11 is 0. The van der Waals surface area contributed by atoms with Gasteiger partial charge in [-0.2, -0.15) is 0 Å². The van der Waals surface area contributed by atoms with Crippen molar-refractivity contribution in [2.45, 2.75) is 38.6 Å². The number of likely N-dealkylation sites (tertiary alicyclic amines) is 1. The Balaban J connectivity index is 1.45. The second kappa shape index (κ2) is 11.0. The smallest absolute Gasteiger partial charge is 0.251 e. The third kappa shape index (κ3) is 5.32. The summed E-state index contributed by atoms with van der Waals surface area (Å²) in [6.45, 7) is 2.30. The molecule has 1 saturated heterocycles. The van der Waals surface area contributed by atoms with Crippen molar-refractivity contribution in [3.8, 4) is 11.5 Å². The minimum absolute atomic E-state index is 0.126. The first-order valence-corrected chi connectivity index (χ1v) is 11.8. The van der Waals surface area contributed by atoms with Gasteiger partial charge in [0.05, 0.1) is 25.3 Å². The molecule has 2 heterocycles. The fourth-order valence-corrected chi connectivity index (χ4v) is 4.42. The molecule has 1 fully saturated rings. The Kier molecular flexibility index (Phi) is 7.67. The van der Waals surface area contributed by atoms with Gasteiger partial charge in [0.1, 0.15) is 12.4 Å². The average molecular weight is 465 g/mol. The number of fused-ring (bicyclic) bond motifs is 1. The Morgan fingerprint density at radius 3 is 2.44 bits per heavy atom. The predicted octanol–water partition coefficient (Wildman–Crippen LogP) is 3.43. The monoisotopic (exact) mass is 464 g/mol. The normalized spacial score (nSPS) is 14.0. The number of rotatable bonds is 8. The lowest BCUT2D eigenvalue weighted by molar-refractivity contribution is -0.131. The molecule has 0 atom stereocenters. The van der Waals surface area contributed by atoms with Crippen LogP contribution >= 0.6 is 0 Å². The number of benzene rings is 2. The van der Waals surface area contributed by atoms with E-state index in [1.807, 2.05) is 33.7 Å². The van der Waals surface area contributed by atoms with Crippen molar-refractivity contribution in [3.63, 3.8) is 0 Å². The molecule has 0 radical (unpaired) electrons. The van der Waals surface area contributed by atoms with Gasteiger partial charge >= 0.3 is 0 Å². The molecule has 1 aromatic heterocycles. The van der Waals surface area contributed by atoms with Gasteiger partial charge < -0.3 is 24.3 Å². The quantitative estimate of drug-likeness (QED) is 0.552. The third-order valence-corrected chi connectivity index (χ3v) is 6.27. The number of carbonyl (C=O) groups is 2. The number of methoxy groups -OCH3 is 2. The van der Waals surface area contributed by atoms with E-state index in [4.69, 9.17) is 14.5 Å². The maximum atomic E-state index is 13.1. The van der Waals surface area contributed by atoms with Gasteiger partial charge in [-0.1, -0.05) is 25.0 Å². The number of imidazole rings is 1. The van der Waals surface area contributed by atoms with Gasteiger partial charge in [0.2, 0.25) is 5.91 Å². The summed E-state index contributed by atoms with van der Waals surface area (Å²) in [5.74, 6) is 1.78. The summed E-state index contributed by atoms with van der Waals surface area (Å²) in [5.41, 5.74) is 2.28. The molecule has 34 heavy (non-hydrogen) atoms. The molecule has 1 aliphatic heterocycles. The van der Waals surface area contributed by atoms with Crippen molar-refractivity contribution in [2.24, 2.45) is 0 Å². The van der Waals surface area contributed by atoms with E-state index in [0.29, 0.717) is 30.0 Å². The molecule has 0 bridgehead atoms. The highest BCUT2D eigenvalue weighted by molar-refractivity contribution is 5.94. The fourth-order valence-electron chi connectivity index (χ4n) is 4.42. The van der Waals surface area contributed by atoms with Crippen LogP contribution in [0.4, 0.5) is 0 Å². The highest BCUT2D eigenvalue weighted by Gasteiger charge is 2.19. The van der Waals surface area contributed by atoms with E-state index < -0.39 is 0 Å². The van der Waals surface area contributed by atoms with Gasteiger partial charge in [-0.05, 0) is 43.2 Å². The standard InChI is InChI=1S/C26H32N4O4/c1-33-22-12-11-19(17-23(22)34-2)26(32)27-14-13-24-28-20-9-5-6-10-21(20)30(24)18-25(31)29-15-7-3-4-8-16-29/h5-6,9-12,17H,3-4,7-8,13-16,18H2,1-2H3,(H,27,32). The summed E-state index contributed by atoms with van der Waals surface area (Å²) in [6, 6.07) is 12.9. The van der Waals surface area contributed by atoms with Crippen molar-refractivity contribution >= 4 is 22.8 Å². The van der Waals surface area contributed by atoms with Crippen molar-refractivity contribution in [1.29, 1.82) is 0 Å². The zero-order valence-corrected chi connectivity index (χ0v) is 19.9. The maximum absolute atomic E-state index is 13.1. The van der Waals surface area contributed by atoms with Crippen molar-refractivity contribution in [2.75, 3.05) is 33.9 Å². The summed E-state index contributed by atoms with van der Waals surface area (Å²) in [5, 5.41) is 2.95. The van der Waals surface area contributed by atoms with Gasteiger partial charge in [-0.3, -0.25) is 9.59 Å². The minimum atomic E-state index is -0.204. The van der Waals surface area contributed by atoms with E-state index in [9.17, 15) is 9.59 Å². The molecule has 3 aromatic rings. The number of hydrogen-bond acceptors (Lipinski definition) is 5. The second-order valence-corrected chi connectivity index (χ2v) is 8.47. The van der Waals surface area contributed by atoms with Crippen LogP contribution in [0, 0.1) is 0 Å². The van der Waals surface area contributed by atoms with Gasteiger partial charge in [0.25, 0.3) is 5.91 Å². The van der Waals surface area contributed by atoms with E-state index in [0.717, 1.165) is 42.8 Å². The van der Waals surface area contributed by atoms with Crippen LogP contribution in [0.2, 0.25) is 0 Å². The van der Waals surface area contributed by atoms with E-state index in [1.165, 1.54) is 20.0 Å².